The van der Waals surface area contributed by atoms with E-state index in [9.17, 15) is 4.39 Å². The van der Waals surface area contributed by atoms with Crippen molar-refractivity contribution in [2.45, 2.75) is 18.4 Å². The van der Waals surface area contributed by atoms with Crippen molar-refractivity contribution in [2.75, 3.05) is 12.0 Å². The summed E-state index contributed by atoms with van der Waals surface area (Å²) in [5.74, 6) is -0.439. The molecule has 34 heavy (non-hydrogen) atoms. The van der Waals surface area contributed by atoms with Crippen molar-refractivity contribution in [2.24, 2.45) is 7.05 Å². The SMILES string of the molecule is C=C(NCc1cc(F)cc(SC)c1)c1ccc(-c2cc(-c3cn(C)nc3C)cnc2N)cc1F. The summed E-state index contributed by atoms with van der Waals surface area (Å²) in [6.07, 6.45) is 5.48. The number of hydrogen-bond acceptors (Lipinski definition) is 5. The van der Waals surface area contributed by atoms with Crippen LogP contribution in [-0.2, 0) is 13.6 Å². The first-order valence-electron chi connectivity index (χ1n) is 10.6. The third-order valence-corrected chi connectivity index (χ3v) is 6.23. The lowest BCUT2D eigenvalue weighted by atomic mass is 9.99. The Balaban J connectivity index is 1.56. The van der Waals surface area contributed by atoms with Gasteiger partial charge in [-0.3, -0.25) is 4.68 Å². The first kappa shape index (κ1) is 23.5. The van der Waals surface area contributed by atoms with E-state index in [1.165, 1.54) is 30.0 Å². The van der Waals surface area contributed by atoms with Gasteiger partial charge < -0.3 is 11.1 Å². The summed E-state index contributed by atoms with van der Waals surface area (Å²) in [6.45, 7) is 6.20. The Hall–Kier alpha value is -3.65. The lowest BCUT2D eigenvalue weighted by Gasteiger charge is -2.13. The van der Waals surface area contributed by atoms with E-state index in [0.717, 1.165) is 27.3 Å². The topological polar surface area (TPSA) is 68.8 Å². The lowest BCUT2D eigenvalue weighted by Crippen LogP contribution is -2.12. The molecular weight excluding hydrogens is 452 g/mol. The van der Waals surface area contributed by atoms with Crippen LogP contribution in [0, 0.1) is 18.6 Å². The van der Waals surface area contributed by atoms with E-state index >= 15 is 4.39 Å². The predicted molar refractivity (Wildman–Crippen MR) is 135 cm³/mol. The van der Waals surface area contributed by atoms with Gasteiger partial charge in [0.05, 0.1) is 5.69 Å². The van der Waals surface area contributed by atoms with Crippen LogP contribution in [0.4, 0.5) is 14.6 Å². The molecule has 0 saturated heterocycles. The summed E-state index contributed by atoms with van der Waals surface area (Å²) in [4.78, 5) is 5.14. The van der Waals surface area contributed by atoms with Crippen LogP contribution in [0.1, 0.15) is 16.8 Å². The second-order valence-electron chi connectivity index (χ2n) is 7.98. The van der Waals surface area contributed by atoms with Crippen molar-refractivity contribution in [3.05, 3.63) is 89.9 Å². The molecule has 0 aliphatic carbocycles. The highest BCUT2D eigenvalue weighted by molar-refractivity contribution is 7.98. The number of rotatable bonds is 7. The Morgan fingerprint density at radius 1 is 1.12 bits per heavy atom. The number of anilines is 1. The summed E-state index contributed by atoms with van der Waals surface area (Å²) in [5, 5.41) is 7.46. The zero-order valence-corrected chi connectivity index (χ0v) is 20.0. The third kappa shape index (κ3) is 4.97. The molecule has 0 fully saturated rings. The van der Waals surface area contributed by atoms with Crippen LogP contribution in [0.5, 0.6) is 0 Å². The van der Waals surface area contributed by atoms with Crippen LogP contribution in [0.2, 0.25) is 0 Å². The number of nitrogen functional groups attached to an aromatic ring is 1. The molecule has 0 unspecified atom stereocenters. The van der Waals surface area contributed by atoms with Crippen molar-refractivity contribution in [1.29, 1.82) is 0 Å². The number of nitrogens with two attached hydrogens (primary N) is 1. The summed E-state index contributed by atoms with van der Waals surface area (Å²) in [5.41, 5.74) is 11.5. The second kappa shape index (κ2) is 9.69. The molecule has 0 aliphatic rings. The van der Waals surface area contributed by atoms with Gasteiger partial charge >= 0.3 is 0 Å². The molecule has 0 aliphatic heterocycles. The van der Waals surface area contributed by atoms with Gasteiger partial charge in [-0.05, 0) is 60.7 Å². The summed E-state index contributed by atoms with van der Waals surface area (Å²) in [6, 6.07) is 11.6. The van der Waals surface area contributed by atoms with E-state index < -0.39 is 5.82 Å². The number of nitrogens with one attached hydrogen (secondary N) is 1. The van der Waals surface area contributed by atoms with Gasteiger partial charge in [-0.15, -0.1) is 11.8 Å². The van der Waals surface area contributed by atoms with Crippen molar-refractivity contribution >= 4 is 23.3 Å². The first-order valence-corrected chi connectivity index (χ1v) is 11.8. The smallest absolute Gasteiger partial charge is 0.133 e. The molecule has 2 aromatic heterocycles. The fraction of sp³-hybridized carbons (Fsp3) is 0.154. The van der Waals surface area contributed by atoms with Crippen LogP contribution in [-0.4, -0.2) is 21.0 Å². The van der Waals surface area contributed by atoms with E-state index in [4.69, 9.17) is 5.73 Å². The first-order chi connectivity index (χ1) is 16.2. The van der Waals surface area contributed by atoms with Crippen molar-refractivity contribution < 1.29 is 8.78 Å². The zero-order chi connectivity index (χ0) is 24.4. The second-order valence-corrected chi connectivity index (χ2v) is 8.86. The van der Waals surface area contributed by atoms with Gasteiger partial charge in [0, 0.05) is 58.8 Å². The summed E-state index contributed by atoms with van der Waals surface area (Å²) >= 11 is 1.46. The third-order valence-electron chi connectivity index (χ3n) is 5.52. The minimum Gasteiger partial charge on any atom is -0.383 e. The van der Waals surface area contributed by atoms with Crippen molar-refractivity contribution in [3.8, 4) is 22.3 Å². The average molecular weight is 478 g/mol. The Morgan fingerprint density at radius 2 is 1.91 bits per heavy atom. The van der Waals surface area contributed by atoms with Gasteiger partial charge in [-0.2, -0.15) is 5.10 Å². The number of aromatic nitrogens is 3. The van der Waals surface area contributed by atoms with Crippen LogP contribution in [0.3, 0.4) is 0 Å². The predicted octanol–water partition coefficient (Wildman–Crippen LogP) is 5.80. The molecule has 2 heterocycles. The monoisotopic (exact) mass is 477 g/mol. The molecule has 8 heteroatoms. The van der Waals surface area contributed by atoms with E-state index in [1.807, 2.05) is 38.6 Å². The minimum absolute atomic E-state index is 0.306. The molecule has 4 aromatic rings. The molecule has 3 N–H and O–H groups in total. The van der Waals surface area contributed by atoms with Crippen molar-refractivity contribution in [3.63, 3.8) is 0 Å². The maximum absolute atomic E-state index is 15.1. The lowest BCUT2D eigenvalue weighted by molar-refractivity contribution is 0.618. The zero-order valence-electron chi connectivity index (χ0n) is 19.2. The van der Waals surface area contributed by atoms with Gasteiger partial charge in [0.15, 0.2) is 0 Å². The maximum Gasteiger partial charge on any atom is 0.133 e. The normalized spacial score (nSPS) is 11.0. The number of hydrogen-bond donors (Lipinski definition) is 2. The molecule has 0 saturated carbocycles. The number of thioether (sulfide) groups is 1. The molecule has 0 radical (unpaired) electrons. The van der Waals surface area contributed by atoms with Gasteiger partial charge in [0.2, 0.25) is 0 Å². The standard InChI is InChI=1S/C26H25F2N5S/c1-15(30-12-17-7-20(27)11-21(8-17)34-4)22-6-5-18(10-25(22)28)23-9-19(13-31-26(23)29)24-14-33(3)32-16(24)2/h5-11,13-14,30H,1,12H2,2-4H3,(H2,29,31). The Labute approximate surface area is 201 Å². The van der Waals surface area contributed by atoms with Gasteiger partial charge in [0.25, 0.3) is 0 Å². The molecule has 0 spiro atoms. The highest BCUT2D eigenvalue weighted by Crippen LogP contribution is 2.32. The van der Waals surface area contributed by atoms with E-state index in [0.29, 0.717) is 34.8 Å². The highest BCUT2D eigenvalue weighted by atomic mass is 32.2. The summed E-state index contributed by atoms with van der Waals surface area (Å²) in [7, 11) is 1.85. The quantitative estimate of drug-likeness (QED) is 0.329. The van der Waals surface area contributed by atoms with E-state index in [-0.39, 0.29) is 5.82 Å². The van der Waals surface area contributed by atoms with Gasteiger partial charge in [-0.1, -0.05) is 12.6 Å². The van der Waals surface area contributed by atoms with Crippen LogP contribution < -0.4 is 11.1 Å². The van der Waals surface area contributed by atoms with E-state index in [2.05, 4.69) is 22.0 Å². The molecule has 0 amide bonds. The van der Waals surface area contributed by atoms with Gasteiger partial charge in [-0.25, -0.2) is 13.8 Å². The Morgan fingerprint density at radius 3 is 2.59 bits per heavy atom. The molecule has 174 valence electrons. The number of benzene rings is 2. The molecule has 4 rings (SSSR count). The Kier molecular flexibility index (Phi) is 6.70. The van der Waals surface area contributed by atoms with Crippen LogP contribution >= 0.6 is 11.8 Å². The largest absolute Gasteiger partial charge is 0.383 e. The number of aryl methyl sites for hydroxylation is 2. The number of halogens is 2. The average Bonchev–Trinajstić information content (AvgIpc) is 3.15. The fourth-order valence-corrected chi connectivity index (χ4v) is 4.31. The molecule has 5 nitrogen and oxygen atoms in total. The minimum atomic E-state index is -0.443. The van der Waals surface area contributed by atoms with Crippen molar-refractivity contribution in [1.82, 2.24) is 20.1 Å². The van der Waals surface area contributed by atoms with Crippen LogP contribution in [0.25, 0.3) is 28.0 Å². The summed E-state index contributed by atoms with van der Waals surface area (Å²) < 4.78 is 30.6. The number of pyridine rings is 1. The molecule has 0 atom stereocenters. The Bertz CT molecular complexity index is 1380. The molecule has 2 aromatic carbocycles. The van der Waals surface area contributed by atoms with Crippen LogP contribution in [0.15, 0.2) is 66.3 Å². The van der Waals surface area contributed by atoms with E-state index in [1.54, 1.807) is 23.0 Å². The van der Waals surface area contributed by atoms with Gasteiger partial charge in [0.1, 0.15) is 17.5 Å². The highest BCUT2D eigenvalue weighted by Gasteiger charge is 2.14. The molecule has 0 bridgehead atoms. The fourth-order valence-electron chi connectivity index (χ4n) is 3.81. The number of nitrogens with zero attached hydrogens (tertiary/aromatic N) is 3. The maximum atomic E-state index is 15.1. The molecular formula is C26H25F2N5S.